The summed E-state index contributed by atoms with van der Waals surface area (Å²) in [6, 6.07) is -0.717. The molecular formula is C9H18N2O4S. The molecule has 94 valence electrons. The average Bonchev–Trinajstić information content (AvgIpc) is 2.22. The lowest BCUT2D eigenvalue weighted by Gasteiger charge is -2.14. The van der Waals surface area contributed by atoms with Gasteiger partial charge in [-0.05, 0) is 6.42 Å². The van der Waals surface area contributed by atoms with Gasteiger partial charge in [-0.2, -0.15) is 11.8 Å². The van der Waals surface area contributed by atoms with Crippen molar-refractivity contribution < 1.29 is 19.8 Å². The molecule has 0 rings (SSSR count). The first-order valence-corrected chi connectivity index (χ1v) is 5.99. The summed E-state index contributed by atoms with van der Waals surface area (Å²) in [5.41, 5.74) is 5.56. The summed E-state index contributed by atoms with van der Waals surface area (Å²) in [6.45, 7) is 1.63. The quantitative estimate of drug-likeness (QED) is 0.440. The SMILES string of the molecule is CC(CCO)SCC(N)C(=O)NCC(=O)O. The lowest BCUT2D eigenvalue weighted by Crippen LogP contribution is -2.44. The zero-order valence-corrected chi connectivity index (χ0v) is 10.00. The van der Waals surface area contributed by atoms with Crippen LogP contribution in [0.15, 0.2) is 0 Å². The molecule has 0 radical (unpaired) electrons. The van der Waals surface area contributed by atoms with Crippen molar-refractivity contribution in [3.05, 3.63) is 0 Å². The maximum atomic E-state index is 11.3. The molecule has 0 aromatic carbocycles. The van der Waals surface area contributed by atoms with Crippen molar-refractivity contribution in [2.75, 3.05) is 18.9 Å². The van der Waals surface area contributed by atoms with Crippen molar-refractivity contribution in [3.8, 4) is 0 Å². The van der Waals surface area contributed by atoms with E-state index in [0.717, 1.165) is 0 Å². The molecule has 0 aromatic rings. The van der Waals surface area contributed by atoms with Crippen molar-refractivity contribution in [2.45, 2.75) is 24.6 Å². The van der Waals surface area contributed by atoms with Crippen LogP contribution in [0.25, 0.3) is 0 Å². The fourth-order valence-corrected chi connectivity index (χ4v) is 1.86. The molecule has 0 heterocycles. The van der Waals surface area contributed by atoms with Gasteiger partial charge in [-0.3, -0.25) is 9.59 Å². The third-order valence-electron chi connectivity index (χ3n) is 1.85. The number of thioether (sulfide) groups is 1. The molecule has 0 aliphatic heterocycles. The number of nitrogens with one attached hydrogen (secondary N) is 1. The predicted molar refractivity (Wildman–Crippen MR) is 62.2 cm³/mol. The molecule has 0 aliphatic rings. The normalized spacial score (nSPS) is 14.2. The van der Waals surface area contributed by atoms with Gasteiger partial charge in [0.2, 0.25) is 5.91 Å². The van der Waals surface area contributed by atoms with Crippen molar-refractivity contribution >= 4 is 23.6 Å². The van der Waals surface area contributed by atoms with E-state index in [-0.39, 0.29) is 11.9 Å². The van der Waals surface area contributed by atoms with E-state index in [1.54, 1.807) is 0 Å². The molecule has 0 fully saturated rings. The Morgan fingerprint density at radius 3 is 2.62 bits per heavy atom. The zero-order valence-electron chi connectivity index (χ0n) is 9.18. The Balaban J connectivity index is 3.74. The summed E-state index contributed by atoms with van der Waals surface area (Å²) in [7, 11) is 0. The number of amides is 1. The monoisotopic (exact) mass is 250 g/mol. The van der Waals surface area contributed by atoms with E-state index in [9.17, 15) is 9.59 Å². The lowest BCUT2D eigenvalue weighted by molar-refractivity contribution is -0.138. The van der Waals surface area contributed by atoms with Gasteiger partial charge in [-0.25, -0.2) is 0 Å². The highest BCUT2D eigenvalue weighted by molar-refractivity contribution is 7.99. The van der Waals surface area contributed by atoms with Gasteiger partial charge in [-0.15, -0.1) is 0 Å². The Bertz CT molecular complexity index is 238. The number of carboxylic acids is 1. The molecule has 0 aromatic heterocycles. The number of nitrogens with two attached hydrogens (primary N) is 1. The fraction of sp³-hybridized carbons (Fsp3) is 0.778. The van der Waals surface area contributed by atoms with Crippen LogP contribution in [0.1, 0.15) is 13.3 Å². The first-order valence-electron chi connectivity index (χ1n) is 4.95. The highest BCUT2D eigenvalue weighted by atomic mass is 32.2. The Morgan fingerprint density at radius 1 is 1.50 bits per heavy atom. The number of carboxylic acid groups (broad SMARTS) is 1. The van der Waals surface area contributed by atoms with Crippen LogP contribution < -0.4 is 11.1 Å². The van der Waals surface area contributed by atoms with Crippen LogP contribution in [0.3, 0.4) is 0 Å². The Labute approximate surface area is 98.6 Å². The van der Waals surface area contributed by atoms with Crippen LogP contribution in [0, 0.1) is 0 Å². The van der Waals surface area contributed by atoms with Gasteiger partial charge in [0.25, 0.3) is 0 Å². The van der Waals surface area contributed by atoms with Gasteiger partial charge >= 0.3 is 5.97 Å². The number of carbonyl (C=O) groups excluding carboxylic acids is 1. The second kappa shape index (κ2) is 8.37. The standard InChI is InChI=1S/C9H18N2O4S/c1-6(2-3-12)16-5-7(10)9(15)11-4-8(13)14/h6-7,12H,2-5,10H2,1H3,(H,11,15)(H,13,14). The van der Waals surface area contributed by atoms with Gasteiger partial charge in [0.1, 0.15) is 6.54 Å². The zero-order chi connectivity index (χ0) is 12.6. The summed E-state index contributed by atoms with van der Waals surface area (Å²) in [4.78, 5) is 21.4. The second-order valence-electron chi connectivity index (χ2n) is 3.37. The maximum Gasteiger partial charge on any atom is 0.322 e. The van der Waals surface area contributed by atoms with Crippen molar-refractivity contribution in [3.63, 3.8) is 0 Å². The molecule has 16 heavy (non-hydrogen) atoms. The van der Waals surface area contributed by atoms with E-state index in [4.69, 9.17) is 15.9 Å². The average molecular weight is 250 g/mol. The van der Waals surface area contributed by atoms with Crippen LogP contribution in [-0.2, 0) is 9.59 Å². The highest BCUT2D eigenvalue weighted by Gasteiger charge is 2.15. The van der Waals surface area contributed by atoms with Gasteiger partial charge in [-0.1, -0.05) is 6.92 Å². The van der Waals surface area contributed by atoms with E-state index in [1.165, 1.54) is 11.8 Å². The molecule has 0 saturated carbocycles. The molecule has 0 bridgehead atoms. The van der Waals surface area contributed by atoms with E-state index in [0.29, 0.717) is 12.2 Å². The molecule has 7 heteroatoms. The molecule has 0 aliphatic carbocycles. The molecule has 6 nitrogen and oxygen atoms in total. The first kappa shape index (κ1) is 15.2. The van der Waals surface area contributed by atoms with Crippen LogP contribution in [0.5, 0.6) is 0 Å². The topological polar surface area (TPSA) is 113 Å². The highest BCUT2D eigenvalue weighted by Crippen LogP contribution is 2.13. The molecule has 0 saturated heterocycles. The van der Waals surface area contributed by atoms with Gasteiger partial charge in [0, 0.05) is 17.6 Å². The van der Waals surface area contributed by atoms with E-state index < -0.39 is 24.5 Å². The smallest absolute Gasteiger partial charge is 0.322 e. The minimum atomic E-state index is -1.10. The molecule has 2 unspecified atom stereocenters. The van der Waals surface area contributed by atoms with Gasteiger partial charge in [0.15, 0.2) is 0 Å². The first-order chi connectivity index (χ1) is 7.47. The Morgan fingerprint density at radius 2 is 2.12 bits per heavy atom. The van der Waals surface area contributed by atoms with Crippen LogP contribution in [-0.4, -0.2) is 52.3 Å². The van der Waals surface area contributed by atoms with E-state index >= 15 is 0 Å². The molecule has 2 atom stereocenters. The Kier molecular flexibility index (Phi) is 7.96. The van der Waals surface area contributed by atoms with E-state index in [2.05, 4.69) is 5.32 Å². The number of aliphatic hydroxyl groups is 1. The van der Waals surface area contributed by atoms with Gasteiger partial charge < -0.3 is 21.3 Å². The molecule has 1 amide bonds. The summed E-state index contributed by atoms with van der Waals surface area (Å²) >= 11 is 1.48. The van der Waals surface area contributed by atoms with Crippen molar-refractivity contribution in [2.24, 2.45) is 5.73 Å². The molecule has 5 N–H and O–H groups in total. The maximum absolute atomic E-state index is 11.3. The van der Waals surface area contributed by atoms with Gasteiger partial charge in [0.05, 0.1) is 6.04 Å². The Hall–Kier alpha value is -0.790. The summed E-state index contributed by atoms with van der Waals surface area (Å²) in [5, 5.41) is 19.4. The largest absolute Gasteiger partial charge is 0.480 e. The third-order valence-corrected chi connectivity index (χ3v) is 3.20. The fourth-order valence-electron chi connectivity index (χ4n) is 0.903. The summed E-state index contributed by atoms with van der Waals surface area (Å²) in [5.74, 6) is -1.15. The molecule has 0 spiro atoms. The summed E-state index contributed by atoms with van der Waals surface area (Å²) < 4.78 is 0. The minimum absolute atomic E-state index is 0.106. The summed E-state index contributed by atoms with van der Waals surface area (Å²) in [6.07, 6.45) is 0.647. The van der Waals surface area contributed by atoms with Crippen LogP contribution in [0.2, 0.25) is 0 Å². The lowest BCUT2D eigenvalue weighted by atomic mass is 10.3. The number of carbonyl (C=O) groups is 2. The van der Waals surface area contributed by atoms with Crippen LogP contribution in [0.4, 0.5) is 0 Å². The van der Waals surface area contributed by atoms with E-state index in [1.807, 2.05) is 6.92 Å². The number of aliphatic carboxylic acids is 1. The molecular weight excluding hydrogens is 232 g/mol. The minimum Gasteiger partial charge on any atom is -0.480 e. The van der Waals surface area contributed by atoms with Crippen LogP contribution >= 0.6 is 11.8 Å². The second-order valence-corrected chi connectivity index (χ2v) is 4.85. The number of hydrogen-bond acceptors (Lipinski definition) is 5. The predicted octanol–water partition coefficient (Wildman–Crippen LogP) is -0.981. The number of rotatable bonds is 8. The van der Waals surface area contributed by atoms with Crippen molar-refractivity contribution in [1.82, 2.24) is 5.32 Å². The third kappa shape index (κ3) is 7.49. The number of hydrogen-bond donors (Lipinski definition) is 4. The van der Waals surface area contributed by atoms with Crippen molar-refractivity contribution in [1.29, 1.82) is 0 Å². The number of aliphatic hydroxyl groups excluding tert-OH is 1.